The number of anilines is 1. The van der Waals surface area contributed by atoms with Crippen molar-refractivity contribution in [3.63, 3.8) is 0 Å². The molecule has 3 rings (SSSR count). The van der Waals surface area contributed by atoms with Crippen LogP contribution in [0.5, 0.6) is 11.5 Å². The summed E-state index contributed by atoms with van der Waals surface area (Å²) in [5.74, 6) is 1.31. The third-order valence-electron chi connectivity index (χ3n) is 4.09. The lowest BCUT2D eigenvalue weighted by atomic mass is 10.1. The summed E-state index contributed by atoms with van der Waals surface area (Å²) < 4.78 is 11.2. The van der Waals surface area contributed by atoms with E-state index in [1.807, 2.05) is 31.2 Å². The van der Waals surface area contributed by atoms with Crippen molar-refractivity contribution < 1.29 is 19.1 Å². The number of aryl methyl sites for hydroxylation is 1. The molecule has 0 spiro atoms. The van der Waals surface area contributed by atoms with Gasteiger partial charge in [0.25, 0.3) is 5.91 Å². The fourth-order valence-electron chi connectivity index (χ4n) is 2.78. The molecule has 1 aliphatic heterocycles. The number of carbonyl (C=O) groups is 2. The number of nitrogens with zero attached hydrogens (tertiary/aromatic N) is 1. The number of hydrogen-bond donors (Lipinski definition) is 0. The van der Waals surface area contributed by atoms with Gasteiger partial charge >= 0.3 is 0 Å². The molecule has 5 nitrogen and oxygen atoms in total. The van der Waals surface area contributed by atoms with Crippen LogP contribution in [0, 0.1) is 6.92 Å². The average molecular weight is 339 g/mol. The van der Waals surface area contributed by atoms with Gasteiger partial charge in [0, 0.05) is 12.1 Å². The minimum atomic E-state index is -0.108. The van der Waals surface area contributed by atoms with Crippen molar-refractivity contribution in [3.05, 3.63) is 53.6 Å². The second-order valence-electron chi connectivity index (χ2n) is 6.09. The van der Waals surface area contributed by atoms with E-state index in [0.717, 1.165) is 11.3 Å². The SMILES string of the molecule is CC(=O)c1ccc2c(c1)N(CCCOc1cccc(C)c1)C(=O)CO2. The van der Waals surface area contributed by atoms with Gasteiger partial charge in [-0.2, -0.15) is 0 Å². The molecule has 0 bridgehead atoms. The number of Topliss-reactive ketones (excluding diaryl/α,β-unsaturated/α-hetero) is 1. The van der Waals surface area contributed by atoms with Gasteiger partial charge in [0.05, 0.1) is 12.3 Å². The van der Waals surface area contributed by atoms with Crippen LogP contribution in [0.1, 0.15) is 29.3 Å². The average Bonchev–Trinajstić information content (AvgIpc) is 2.59. The molecule has 0 fully saturated rings. The van der Waals surface area contributed by atoms with E-state index in [9.17, 15) is 9.59 Å². The number of ether oxygens (including phenoxy) is 2. The van der Waals surface area contributed by atoms with E-state index < -0.39 is 0 Å². The summed E-state index contributed by atoms with van der Waals surface area (Å²) in [6.45, 7) is 4.57. The van der Waals surface area contributed by atoms with Gasteiger partial charge < -0.3 is 14.4 Å². The summed E-state index contributed by atoms with van der Waals surface area (Å²) in [5, 5.41) is 0. The minimum absolute atomic E-state index is 0.0190. The summed E-state index contributed by atoms with van der Waals surface area (Å²) in [6.07, 6.45) is 0.684. The Morgan fingerprint density at radius 1 is 1.24 bits per heavy atom. The van der Waals surface area contributed by atoms with Crippen LogP contribution in [0.4, 0.5) is 5.69 Å². The highest BCUT2D eigenvalue weighted by molar-refractivity contribution is 6.01. The van der Waals surface area contributed by atoms with Gasteiger partial charge in [-0.1, -0.05) is 12.1 Å². The number of hydrogen-bond acceptors (Lipinski definition) is 4. The van der Waals surface area contributed by atoms with E-state index in [-0.39, 0.29) is 18.3 Å². The molecule has 2 aromatic carbocycles. The maximum Gasteiger partial charge on any atom is 0.265 e. The molecule has 1 amide bonds. The maximum absolute atomic E-state index is 12.2. The molecule has 130 valence electrons. The molecule has 0 aromatic heterocycles. The van der Waals surface area contributed by atoms with Crippen LogP contribution in [0.15, 0.2) is 42.5 Å². The van der Waals surface area contributed by atoms with Crippen molar-refractivity contribution in [3.8, 4) is 11.5 Å². The van der Waals surface area contributed by atoms with Crippen LogP contribution in [-0.2, 0) is 4.79 Å². The van der Waals surface area contributed by atoms with Crippen molar-refractivity contribution in [1.82, 2.24) is 0 Å². The lowest BCUT2D eigenvalue weighted by Gasteiger charge is -2.29. The van der Waals surface area contributed by atoms with Gasteiger partial charge in [-0.25, -0.2) is 0 Å². The van der Waals surface area contributed by atoms with E-state index >= 15 is 0 Å². The number of rotatable bonds is 6. The molecular weight excluding hydrogens is 318 g/mol. The first-order valence-electron chi connectivity index (χ1n) is 8.32. The fourth-order valence-corrected chi connectivity index (χ4v) is 2.78. The lowest BCUT2D eigenvalue weighted by molar-refractivity contribution is -0.121. The zero-order valence-corrected chi connectivity index (χ0v) is 14.5. The molecule has 0 unspecified atom stereocenters. The van der Waals surface area contributed by atoms with Crippen molar-refractivity contribution in [2.24, 2.45) is 0 Å². The lowest BCUT2D eigenvalue weighted by Crippen LogP contribution is -2.40. The van der Waals surface area contributed by atoms with Gasteiger partial charge in [0.2, 0.25) is 0 Å². The quantitative estimate of drug-likeness (QED) is 0.598. The second kappa shape index (κ2) is 7.38. The molecule has 0 radical (unpaired) electrons. The summed E-state index contributed by atoms with van der Waals surface area (Å²) in [4.78, 5) is 25.5. The fraction of sp³-hybridized carbons (Fsp3) is 0.300. The molecule has 25 heavy (non-hydrogen) atoms. The van der Waals surface area contributed by atoms with Gasteiger partial charge in [0.1, 0.15) is 11.5 Å². The van der Waals surface area contributed by atoms with E-state index in [2.05, 4.69) is 0 Å². The van der Waals surface area contributed by atoms with Crippen LogP contribution in [0.3, 0.4) is 0 Å². The zero-order valence-electron chi connectivity index (χ0n) is 14.5. The molecule has 0 atom stereocenters. The van der Waals surface area contributed by atoms with Gasteiger partial charge in [0.15, 0.2) is 12.4 Å². The maximum atomic E-state index is 12.2. The van der Waals surface area contributed by atoms with E-state index in [1.165, 1.54) is 6.92 Å². The Hall–Kier alpha value is -2.82. The standard InChI is InChI=1S/C20H21NO4/c1-14-5-3-6-17(11-14)24-10-4-9-21-18-12-16(15(2)22)7-8-19(18)25-13-20(21)23/h3,5-8,11-12H,4,9-10,13H2,1-2H3. The van der Waals surface area contributed by atoms with Gasteiger partial charge in [-0.05, 0) is 56.2 Å². The Bertz CT molecular complexity index is 800. The Morgan fingerprint density at radius 2 is 2.08 bits per heavy atom. The predicted octanol–water partition coefficient (Wildman–Crippen LogP) is 3.39. The van der Waals surface area contributed by atoms with Crippen LogP contribution in [0.25, 0.3) is 0 Å². The molecule has 1 heterocycles. The Kier molecular flexibility index (Phi) is 5.03. The van der Waals surface area contributed by atoms with Crippen LogP contribution < -0.4 is 14.4 Å². The largest absolute Gasteiger partial charge is 0.494 e. The number of fused-ring (bicyclic) bond motifs is 1. The molecule has 0 saturated heterocycles. The van der Waals surface area contributed by atoms with Crippen molar-refractivity contribution in [1.29, 1.82) is 0 Å². The van der Waals surface area contributed by atoms with Gasteiger partial charge in [-0.3, -0.25) is 9.59 Å². The molecule has 0 saturated carbocycles. The van der Waals surface area contributed by atoms with Crippen molar-refractivity contribution in [2.45, 2.75) is 20.3 Å². The molecule has 0 N–H and O–H groups in total. The third kappa shape index (κ3) is 3.99. The number of amides is 1. The molecule has 2 aromatic rings. The van der Waals surface area contributed by atoms with E-state index in [4.69, 9.17) is 9.47 Å². The minimum Gasteiger partial charge on any atom is -0.494 e. The first kappa shape index (κ1) is 17.0. The topological polar surface area (TPSA) is 55.8 Å². The smallest absolute Gasteiger partial charge is 0.265 e. The van der Waals surface area contributed by atoms with Gasteiger partial charge in [-0.15, -0.1) is 0 Å². The Morgan fingerprint density at radius 3 is 2.84 bits per heavy atom. The highest BCUT2D eigenvalue weighted by Gasteiger charge is 2.25. The third-order valence-corrected chi connectivity index (χ3v) is 4.09. The summed E-state index contributed by atoms with van der Waals surface area (Å²) in [7, 11) is 0. The Labute approximate surface area is 147 Å². The monoisotopic (exact) mass is 339 g/mol. The first-order chi connectivity index (χ1) is 12.0. The molecule has 5 heteroatoms. The van der Waals surface area contributed by atoms with Crippen LogP contribution in [-0.4, -0.2) is 31.4 Å². The molecule has 0 aliphatic carbocycles. The normalized spacial score (nSPS) is 13.2. The molecule has 1 aliphatic rings. The second-order valence-corrected chi connectivity index (χ2v) is 6.09. The number of carbonyl (C=O) groups excluding carboxylic acids is 2. The van der Waals surface area contributed by atoms with Crippen molar-refractivity contribution in [2.75, 3.05) is 24.7 Å². The summed E-state index contributed by atoms with van der Waals surface area (Å²) >= 11 is 0. The molecular formula is C20H21NO4. The van der Waals surface area contributed by atoms with Crippen LogP contribution in [0.2, 0.25) is 0 Å². The van der Waals surface area contributed by atoms with E-state index in [1.54, 1.807) is 23.1 Å². The summed E-state index contributed by atoms with van der Waals surface area (Å²) in [6, 6.07) is 13.1. The predicted molar refractivity (Wildman–Crippen MR) is 95.6 cm³/mol. The van der Waals surface area contributed by atoms with E-state index in [0.29, 0.717) is 36.6 Å². The number of benzene rings is 2. The van der Waals surface area contributed by atoms with Crippen molar-refractivity contribution >= 4 is 17.4 Å². The number of ketones is 1. The first-order valence-corrected chi connectivity index (χ1v) is 8.32. The van der Waals surface area contributed by atoms with Crippen LogP contribution >= 0.6 is 0 Å². The Balaban J connectivity index is 1.65. The zero-order chi connectivity index (χ0) is 17.8. The highest BCUT2D eigenvalue weighted by atomic mass is 16.5. The summed E-state index contributed by atoms with van der Waals surface area (Å²) in [5.41, 5.74) is 2.36. The highest BCUT2D eigenvalue weighted by Crippen LogP contribution is 2.33.